The molecule has 0 N–H and O–H groups in total. The molecule has 0 amide bonds. The highest BCUT2D eigenvalue weighted by Crippen LogP contribution is 2.43. The van der Waals surface area contributed by atoms with E-state index in [1.54, 1.807) is 0 Å². The van der Waals surface area contributed by atoms with Gasteiger partial charge in [0.25, 0.3) is 0 Å². The summed E-state index contributed by atoms with van der Waals surface area (Å²) >= 11 is 15.4. The molecule has 6 aromatic carbocycles. The first-order valence-corrected chi connectivity index (χ1v) is 13.9. The quantitative estimate of drug-likeness (QED) is 0.116. The summed E-state index contributed by atoms with van der Waals surface area (Å²) in [5.74, 6) is 0. The van der Waals surface area contributed by atoms with Gasteiger partial charge in [-0.05, 0) is 99.2 Å². The highest BCUT2D eigenvalue weighted by molar-refractivity contribution is 9.11. The zero-order valence-corrected chi connectivity index (χ0v) is 23.9. The molecule has 0 aliphatic heterocycles. The maximum Gasteiger partial charge on any atom is 0.120 e. The molecule has 0 atom stereocenters. The van der Waals surface area contributed by atoms with E-state index in [2.05, 4.69) is 133 Å². The summed E-state index contributed by atoms with van der Waals surface area (Å²) in [6, 6.07) is 25.8. The van der Waals surface area contributed by atoms with Gasteiger partial charge in [0.1, 0.15) is 11.0 Å². The van der Waals surface area contributed by atoms with E-state index in [-0.39, 0.29) is 0 Å². The van der Waals surface area contributed by atoms with Crippen LogP contribution < -0.4 is 0 Å². The van der Waals surface area contributed by atoms with Gasteiger partial charge < -0.3 is 0 Å². The van der Waals surface area contributed by atoms with Gasteiger partial charge in [0, 0.05) is 17.9 Å². The fourth-order valence-corrected chi connectivity index (χ4v) is 7.00. The van der Waals surface area contributed by atoms with Gasteiger partial charge in [-0.1, -0.05) is 80.4 Å². The summed E-state index contributed by atoms with van der Waals surface area (Å²) in [5.41, 5.74) is 1.84. The van der Waals surface area contributed by atoms with Crippen LogP contribution in [0.5, 0.6) is 0 Å². The van der Waals surface area contributed by atoms with Crippen LogP contribution in [0.3, 0.4) is 0 Å². The van der Waals surface area contributed by atoms with E-state index in [1.807, 2.05) is 12.1 Å². The molecule has 160 valence electrons. The zero-order valence-electron chi connectivity index (χ0n) is 16.7. The lowest BCUT2D eigenvalue weighted by Crippen LogP contribution is -1.87. The highest BCUT2D eigenvalue weighted by Gasteiger charge is 2.14. The maximum absolute atomic E-state index is 4.13. The van der Waals surface area contributed by atoms with E-state index in [9.17, 15) is 0 Å². The fraction of sp³-hybridized carbons (Fsp3) is 0. The summed E-state index contributed by atoms with van der Waals surface area (Å²) in [6.45, 7) is 0. The van der Waals surface area contributed by atoms with Crippen molar-refractivity contribution < 1.29 is 0 Å². The van der Waals surface area contributed by atoms with Crippen molar-refractivity contribution in [1.82, 2.24) is 8.75 Å². The van der Waals surface area contributed by atoms with Crippen molar-refractivity contribution in [3.63, 3.8) is 0 Å². The monoisotopic (exact) mass is 700 g/mol. The highest BCUT2D eigenvalue weighted by atomic mass is 79.9. The molecule has 0 aliphatic rings. The number of rotatable bonds is 0. The predicted molar refractivity (Wildman–Crippen MR) is 156 cm³/mol. The van der Waals surface area contributed by atoms with Gasteiger partial charge in [0.05, 0.1) is 11.7 Å². The first-order valence-electron chi connectivity index (χ1n) is 10.0. The zero-order chi connectivity index (χ0) is 22.7. The largest absolute Gasteiger partial charge is 0.172 e. The van der Waals surface area contributed by atoms with E-state index in [1.165, 1.54) is 54.8 Å². The summed E-state index contributed by atoms with van der Waals surface area (Å²) in [5, 5.41) is 10.5. The smallest absolute Gasteiger partial charge is 0.120 e. The summed E-state index contributed by atoms with van der Waals surface area (Å²) in [6.07, 6.45) is 0. The van der Waals surface area contributed by atoms with Crippen molar-refractivity contribution in [2.24, 2.45) is 0 Å². The Bertz CT molecular complexity index is 1680. The first-order chi connectivity index (χ1) is 16.0. The van der Waals surface area contributed by atoms with Crippen LogP contribution in [0.1, 0.15) is 0 Å². The second-order valence-corrected chi connectivity index (χ2v) is 11.6. The Morgan fingerprint density at radius 1 is 0.424 bits per heavy atom. The van der Waals surface area contributed by atoms with Crippen LogP contribution in [-0.4, -0.2) is 8.75 Å². The molecule has 0 saturated carbocycles. The van der Waals surface area contributed by atoms with Gasteiger partial charge in [0.15, 0.2) is 0 Å². The van der Waals surface area contributed by atoms with E-state index >= 15 is 0 Å². The molecule has 0 saturated heterocycles. The Morgan fingerprint density at radius 2 is 0.788 bits per heavy atom. The van der Waals surface area contributed by atoms with Gasteiger partial charge >= 0.3 is 0 Å². The maximum atomic E-state index is 4.13. The van der Waals surface area contributed by atoms with Gasteiger partial charge in [-0.15, -0.1) is 0 Å². The SMILES string of the molecule is Brc1ccc(Br)c2nsnc12.Brc1ccc2c3ccc(Br)c4cccc(c5cccc1c52)c43. The molecule has 0 radical (unpaired) electrons. The number of fused-ring (bicyclic) bond motifs is 3. The number of hydrogen-bond acceptors (Lipinski definition) is 3. The molecule has 0 aliphatic carbocycles. The van der Waals surface area contributed by atoms with Crippen LogP contribution in [0.2, 0.25) is 0 Å². The molecule has 1 aromatic heterocycles. The summed E-state index contributed by atoms with van der Waals surface area (Å²) in [7, 11) is 0. The average molecular weight is 704 g/mol. The number of benzene rings is 6. The van der Waals surface area contributed by atoms with E-state index in [4.69, 9.17) is 0 Å². The van der Waals surface area contributed by atoms with Crippen molar-refractivity contribution in [1.29, 1.82) is 0 Å². The number of halogens is 4. The number of hydrogen-bond donors (Lipinski definition) is 0. The topological polar surface area (TPSA) is 25.8 Å². The third-order valence-corrected chi connectivity index (χ3v) is 9.06. The van der Waals surface area contributed by atoms with Gasteiger partial charge in [0.2, 0.25) is 0 Å². The first kappa shape index (κ1) is 21.9. The van der Waals surface area contributed by atoms with E-state index in [0.717, 1.165) is 28.9 Å². The van der Waals surface area contributed by atoms with Crippen molar-refractivity contribution in [3.05, 3.63) is 90.7 Å². The molecular weight excluding hydrogens is 692 g/mol. The minimum absolute atomic E-state index is 0.921. The lowest BCUT2D eigenvalue weighted by Gasteiger charge is -2.15. The van der Waals surface area contributed by atoms with Gasteiger partial charge in [-0.2, -0.15) is 8.75 Å². The average Bonchev–Trinajstić information content (AvgIpc) is 3.34. The minimum Gasteiger partial charge on any atom is -0.172 e. The Labute approximate surface area is 227 Å². The second-order valence-electron chi connectivity index (χ2n) is 7.64. The van der Waals surface area contributed by atoms with Gasteiger partial charge in [-0.25, -0.2) is 0 Å². The third kappa shape index (κ3) is 3.51. The number of nitrogens with zero attached hydrogens (tertiary/aromatic N) is 2. The van der Waals surface area contributed by atoms with Crippen molar-refractivity contribution in [3.8, 4) is 0 Å². The molecular formula is C26H12Br4N2S. The summed E-state index contributed by atoms with van der Waals surface area (Å²) < 4.78 is 12.6. The molecule has 7 heteroatoms. The van der Waals surface area contributed by atoms with E-state index in [0.29, 0.717) is 0 Å². The Balaban J connectivity index is 0.000000158. The van der Waals surface area contributed by atoms with E-state index < -0.39 is 0 Å². The third-order valence-electron chi connectivity index (χ3n) is 5.87. The molecule has 0 bridgehead atoms. The Hall–Kier alpha value is -1.64. The second kappa shape index (κ2) is 8.54. The molecule has 0 fully saturated rings. The van der Waals surface area contributed by atoms with Crippen LogP contribution in [0.15, 0.2) is 90.7 Å². The Kier molecular flexibility index (Phi) is 5.66. The summed E-state index contributed by atoms with van der Waals surface area (Å²) in [4.78, 5) is 0. The Morgan fingerprint density at radius 3 is 1.24 bits per heavy atom. The molecule has 0 unspecified atom stereocenters. The lowest BCUT2D eigenvalue weighted by atomic mass is 9.90. The predicted octanol–water partition coefficient (Wildman–Crippen LogP) is 10.5. The van der Waals surface area contributed by atoms with Crippen LogP contribution in [0, 0.1) is 0 Å². The van der Waals surface area contributed by atoms with Gasteiger partial charge in [-0.3, -0.25) is 0 Å². The van der Waals surface area contributed by atoms with Crippen molar-refractivity contribution >= 4 is 130 Å². The molecule has 1 heterocycles. The van der Waals surface area contributed by atoms with Crippen LogP contribution in [0.25, 0.3) is 54.1 Å². The lowest BCUT2D eigenvalue weighted by molar-refractivity contribution is 1.58. The van der Waals surface area contributed by atoms with Crippen LogP contribution in [-0.2, 0) is 0 Å². The molecule has 7 aromatic rings. The van der Waals surface area contributed by atoms with Crippen molar-refractivity contribution in [2.45, 2.75) is 0 Å². The standard InChI is InChI=1S/C20H10Br2.C6H2Br2N2S/c21-17-9-7-13-14-8-10-18(22)16-6-2-4-12(20(14)16)11-3-1-5-15(17)19(11)13;7-3-1-2-4(8)6-5(3)9-11-10-6/h1-10H;1-2H. The molecule has 2 nitrogen and oxygen atoms in total. The van der Waals surface area contributed by atoms with Crippen LogP contribution >= 0.6 is 75.4 Å². The van der Waals surface area contributed by atoms with Crippen LogP contribution in [0.4, 0.5) is 0 Å². The number of aromatic nitrogens is 2. The molecule has 7 rings (SSSR count). The normalized spacial score (nSPS) is 11.6. The van der Waals surface area contributed by atoms with Crippen molar-refractivity contribution in [2.75, 3.05) is 0 Å². The minimum atomic E-state index is 0.921. The fourth-order valence-electron chi connectivity index (χ4n) is 4.45. The molecule has 33 heavy (non-hydrogen) atoms. The molecule has 0 spiro atoms.